The van der Waals surface area contributed by atoms with E-state index in [-0.39, 0.29) is 19.4 Å². The number of ether oxygens (including phenoxy) is 4. The lowest BCUT2D eigenvalue weighted by Gasteiger charge is -2.40. The summed E-state index contributed by atoms with van der Waals surface area (Å²) >= 11 is 0. The Balaban J connectivity index is 2.52. The van der Waals surface area contributed by atoms with E-state index < -0.39 is 71.2 Å². The van der Waals surface area contributed by atoms with Crippen molar-refractivity contribution in [1.82, 2.24) is 0 Å². The molecule has 0 aromatic heterocycles. The molecule has 0 spiro atoms. The highest BCUT2D eigenvalue weighted by Gasteiger charge is 2.46. The lowest BCUT2D eigenvalue weighted by molar-refractivity contribution is -0.297. The van der Waals surface area contributed by atoms with Gasteiger partial charge >= 0.3 is 11.9 Å². The van der Waals surface area contributed by atoms with Gasteiger partial charge in [0.15, 0.2) is 12.4 Å². The Hall–Kier alpha value is -3.17. The van der Waals surface area contributed by atoms with Crippen LogP contribution >= 0.6 is 0 Å². The molecule has 4 N–H and O–H groups in total. The predicted molar refractivity (Wildman–Crippen MR) is 224 cm³/mol. The van der Waals surface area contributed by atoms with Gasteiger partial charge in [0.1, 0.15) is 36.8 Å². The number of hydrogen-bond acceptors (Lipinski definition) is 11. The zero-order valence-corrected chi connectivity index (χ0v) is 35.0. The van der Waals surface area contributed by atoms with Crippen molar-refractivity contribution in [3.8, 4) is 0 Å². The summed E-state index contributed by atoms with van der Waals surface area (Å²) in [6.45, 7) is 3.43. The summed E-state index contributed by atoms with van der Waals surface area (Å²) in [7, 11) is -4.61. The molecule has 0 amide bonds. The van der Waals surface area contributed by atoms with Crippen molar-refractivity contribution in [3.63, 3.8) is 0 Å². The van der Waals surface area contributed by atoms with Crippen molar-refractivity contribution < 1.29 is 56.8 Å². The molecule has 0 aliphatic carbocycles. The van der Waals surface area contributed by atoms with Crippen molar-refractivity contribution in [1.29, 1.82) is 0 Å². The van der Waals surface area contributed by atoms with Crippen molar-refractivity contribution >= 4 is 22.1 Å². The molecule has 12 nitrogen and oxygen atoms in total. The first kappa shape index (κ1) is 51.8. The Morgan fingerprint density at radius 3 is 1.79 bits per heavy atom. The van der Waals surface area contributed by atoms with Gasteiger partial charge in [0.25, 0.3) is 10.1 Å². The van der Waals surface area contributed by atoms with Crippen molar-refractivity contribution in [2.24, 2.45) is 0 Å². The first-order valence-corrected chi connectivity index (χ1v) is 22.3. The lowest BCUT2D eigenvalue weighted by atomic mass is 10.00. The van der Waals surface area contributed by atoms with E-state index in [0.717, 1.165) is 83.5 Å². The van der Waals surface area contributed by atoms with Crippen molar-refractivity contribution in [2.75, 3.05) is 19.0 Å². The summed E-state index contributed by atoms with van der Waals surface area (Å²) in [5, 5.41) is 30.8. The number of rotatable bonds is 32. The quantitative estimate of drug-likeness (QED) is 0.0171. The smallest absolute Gasteiger partial charge is 0.306 e. The van der Waals surface area contributed by atoms with Crippen LogP contribution in [0.4, 0.5) is 0 Å². The average Bonchev–Trinajstić information content (AvgIpc) is 3.17. The predicted octanol–water partition coefficient (Wildman–Crippen LogP) is 7.72. The summed E-state index contributed by atoms with van der Waals surface area (Å²) in [5.41, 5.74) is 0. The fourth-order valence-electron chi connectivity index (χ4n) is 5.64. The van der Waals surface area contributed by atoms with Gasteiger partial charge in [0, 0.05) is 12.8 Å². The number of carbonyl (C=O) groups excluding carboxylic acids is 2. The third-order valence-corrected chi connectivity index (χ3v) is 9.56. The Labute approximate surface area is 341 Å². The number of aliphatic hydroxyl groups is 3. The van der Waals surface area contributed by atoms with E-state index in [1.54, 1.807) is 0 Å². The van der Waals surface area contributed by atoms with Gasteiger partial charge in [0.05, 0.1) is 6.61 Å². The van der Waals surface area contributed by atoms with E-state index in [2.05, 4.69) is 62.5 Å². The fraction of sp³-hybridized carbons (Fsp3) is 0.636. The standard InChI is InChI=1S/C44H70O12S/c1-3-5-7-9-11-13-15-17-18-19-21-22-24-26-28-30-32-39(45)53-34-37(35-54-44-43(49)42(48)41(47)38(56-44)36-57(50,51)52)55-40(46)33-31-29-27-25-23-20-16-14-12-10-8-6-4-2/h5-8,10-14,16-18,20,23,37-38,41-44,47-49H,3-4,9,15,19,21-22,24-36H2,1-2H3,(H,50,51,52)/b7-5+,8-6+,12-10+,13-11+,16-14+,18-17+,23-20+/t37?,38-,41-,42?,43?,44+/m1/s1. The molecule has 0 aromatic carbocycles. The minimum absolute atomic E-state index is 0.110. The molecule has 6 atom stereocenters. The average molecular weight is 823 g/mol. The van der Waals surface area contributed by atoms with Gasteiger partial charge < -0.3 is 34.3 Å². The largest absolute Gasteiger partial charge is 0.462 e. The minimum atomic E-state index is -4.61. The van der Waals surface area contributed by atoms with Crippen LogP contribution in [0, 0.1) is 0 Å². The van der Waals surface area contributed by atoms with Crippen LogP contribution < -0.4 is 0 Å². The first-order valence-electron chi connectivity index (χ1n) is 20.7. The minimum Gasteiger partial charge on any atom is -0.462 e. The first-order chi connectivity index (χ1) is 27.5. The SMILES string of the molecule is CC/C=C/C=C/C=C/C=C/CCCCCC(=O)OC(COC(=O)CCCCCCCC/C=C/C/C=C/C/C=C/CC)CO[C@H]1O[C@H](CS(=O)(=O)O)[C@@H](O)C(O)C1O. The van der Waals surface area contributed by atoms with Gasteiger partial charge in [-0.25, -0.2) is 0 Å². The third-order valence-electron chi connectivity index (χ3n) is 8.81. The van der Waals surface area contributed by atoms with Crippen LogP contribution in [0.15, 0.2) is 85.1 Å². The second kappa shape index (κ2) is 33.8. The second-order valence-corrected chi connectivity index (χ2v) is 15.5. The van der Waals surface area contributed by atoms with E-state index in [1.165, 1.54) is 0 Å². The summed E-state index contributed by atoms with van der Waals surface area (Å²) in [6.07, 6.45) is 33.5. The normalized spacial score (nSPS) is 21.4. The molecule has 1 aliphatic heterocycles. The Bertz CT molecular complexity index is 1380. The third kappa shape index (κ3) is 28.8. The molecule has 0 radical (unpaired) electrons. The number of hydrogen-bond donors (Lipinski definition) is 4. The summed E-state index contributed by atoms with van der Waals surface area (Å²) in [5.74, 6) is -2.07. The highest BCUT2D eigenvalue weighted by atomic mass is 32.2. The topological polar surface area (TPSA) is 186 Å². The number of carbonyl (C=O) groups is 2. The zero-order valence-electron chi connectivity index (χ0n) is 34.2. The van der Waals surface area contributed by atoms with Crippen molar-refractivity contribution in [3.05, 3.63) is 85.1 Å². The molecule has 324 valence electrons. The van der Waals surface area contributed by atoms with Gasteiger partial charge in [0.2, 0.25) is 0 Å². The van der Waals surface area contributed by atoms with E-state index in [1.807, 2.05) is 36.5 Å². The molecule has 3 unspecified atom stereocenters. The maximum Gasteiger partial charge on any atom is 0.306 e. The van der Waals surface area contributed by atoms with Gasteiger partial charge in [-0.2, -0.15) is 8.42 Å². The Morgan fingerprint density at radius 1 is 0.614 bits per heavy atom. The molecule has 1 aliphatic rings. The highest BCUT2D eigenvalue weighted by Crippen LogP contribution is 2.24. The zero-order chi connectivity index (χ0) is 42.0. The molecular formula is C44H70O12S. The number of allylic oxidation sites excluding steroid dienone is 14. The van der Waals surface area contributed by atoms with Gasteiger partial charge in [-0.1, -0.05) is 131 Å². The van der Waals surface area contributed by atoms with E-state index in [9.17, 15) is 37.9 Å². The molecule has 1 fully saturated rings. The molecule has 1 saturated heterocycles. The Morgan fingerprint density at radius 2 is 1.14 bits per heavy atom. The van der Waals surface area contributed by atoms with Gasteiger partial charge in [-0.3, -0.25) is 14.1 Å². The molecule has 0 aromatic rings. The summed E-state index contributed by atoms with van der Waals surface area (Å²) < 4.78 is 53.9. The van der Waals surface area contributed by atoms with Crippen LogP contribution in [0.1, 0.15) is 123 Å². The molecule has 57 heavy (non-hydrogen) atoms. The molecular weight excluding hydrogens is 753 g/mol. The molecule has 0 saturated carbocycles. The maximum atomic E-state index is 12.7. The van der Waals surface area contributed by atoms with Gasteiger partial charge in [-0.15, -0.1) is 0 Å². The van der Waals surface area contributed by atoms with Crippen LogP contribution in [0.3, 0.4) is 0 Å². The maximum absolute atomic E-state index is 12.7. The van der Waals surface area contributed by atoms with E-state index in [4.69, 9.17) is 18.9 Å². The number of unbranched alkanes of at least 4 members (excludes halogenated alkanes) is 9. The van der Waals surface area contributed by atoms with Gasteiger partial charge in [-0.05, 0) is 64.2 Å². The highest BCUT2D eigenvalue weighted by molar-refractivity contribution is 7.85. The monoisotopic (exact) mass is 822 g/mol. The fourth-order valence-corrected chi connectivity index (χ4v) is 6.33. The van der Waals surface area contributed by atoms with Crippen LogP contribution in [0.5, 0.6) is 0 Å². The number of aliphatic hydroxyl groups excluding tert-OH is 3. The number of esters is 2. The molecule has 1 rings (SSSR count). The second-order valence-electron chi connectivity index (χ2n) is 14.0. The van der Waals surface area contributed by atoms with Crippen molar-refractivity contribution in [2.45, 2.75) is 160 Å². The summed E-state index contributed by atoms with van der Waals surface area (Å²) in [6, 6.07) is 0. The lowest BCUT2D eigenvalue weighted by Crippen LogP contribution is -2.60. The molecule has 1 heterocycles. The van der Waals surface area contributed by atoms with Crippen LogP contribution in [0.2, 0.25) is 0 Å². The summed E-state index contributed by atoms with van der Waals surface area (Å²) in [4.78, 5) is 25.3. The van der Waals surface area contributed by atoms with Crippen LogP contribution in [-0.4, -0.2) is 96.0 Å². The van der Waals surface area contributed by atoms with E-state index in [0.29, 0.717) is 12.8 Å². The molecule has 0 bridgehead atoms. The van der Waals surface area contributed by atoms with Crippen LogP contribution in [-0.2, 0) is 38.7 Å². The molecule has 13 heteroatoms. The van der Waals surface area contributed by atoms with Crippen LogP contribution in [0.25, 0.3) is 0 Å². The van der Waals surface area contributed by atoms with E-state index >= 15 is 0 Å². The Kier molecular flexibility index (Phi) is 30.7.